The highest BCUT2D eigenvalue weighted by Gasteiger charge is 2.28. The number of carbonyl (C=O) groups excluding carboxylic acids is 3. The molecule has 48 heavy (non-hydrogen) atoms. The highest BCUT2D eigenvalue weighted by molar-refractivity contribution is 5.86. The number of amides is 2. The van der Waals surface area contributed by atoms with Gasteiger partial charge in [0.2, 0.25) is 11.8 Å². The Hall–Kier alpha value is -4.95. The van der Waals surface area contributed by atoms with Gasteiger partial charge < -0.3 is 25.0 Å². The molecule has 252 valence electrons. The van der Waals surface area contributed by atoms with E-state index in [9.17, 15) is 19.5 Å². The average molecular weight is 650 g/mol. The van der Waals surface area contributed by atoms with Crippen LogP contribution in [0.15, 0.2) is 116 Å². The van der Waals surface area contributed by atoms with E-state index in [1.165, 1.54) is 0 Å². The van der Waals surface area contributed by atoms with Gasteiger partial charge in [-0.15, -0.1) is 13.2 Å². The minimum absolute atomic E-state index is 0.0249. The molecule has 3 aromatic carbocycles. The third-order valence-electron chi connectivity index (χ3n) is 8.47. The zero-order valence-electron chi connectivity index (χ0n) is 27.6. The summed E-state index contributed by atoms with van der Waals surface area (Å²) in [6, 6.07) is 26.7. The number of nitrogens with zero attached hydrogens (tertiary/aromatic N) is 1. The van der Waals surface area contributed by atoms with Crippen molar-refractivity contribution in [1.29, 1.82) is 0 Å². The van der Waals surface area contributed by atoms with Crippen LogP contribution in [0.3, 0.4) is 0 Å². The number of hydrogen-bond acceptors (Lipinski definition) is 5. The molecule has 0 saturated carbocycles. The molecular weight excluding hydrogens is 602 g/mol. The molecular formula is C40H47N3O5. The van der Waals surface area contributed by atoms with Crippen LogP contribution in [0.25, 0.3) is 10.9 Å². The smallest absolute Gasteiger partial charge is 0.309 e. The molecule has 0 aliphatic heterocycles. The summed E-state index contributed by atoms with van der Waals surface area (Å²) in [5.41, 5.74) is 3.93. The summed E-state index contributed by atoms with van der Waals surface area (Å²) in [7, 11) is 0. The number of nitrogens with one attached hydrogen (secondary N) is 2. The number of aromatic nitrogens is 1. The number of benzene rings is 3. The van der Waals surface area contributed by atoms with Gasteiger partial charge in [-0.05, 0) is 54.9 Å². The van der Waals surface area contributed by atoms with E-state index in [-0.39, 0.29) is 56.3 Å². The van der Waals surface area contributed by atoms with Gasteiger partial charge in [-0.25, -0.2) is 0 Å². The number of fused-ring (bicyclic) bond motifs is 1. The topological polar surface area (TPSA) is 112 Å². The van der Waals surface area contributed by atoms with Gasteiger partial charge in [0, 0.05) is 36.6 Å². The molecule has 0 radical (unpaired) electrons. The molecule has 1 aromatic heterocycles. The Bertz CT molecular complexity index is 1620. The van der Waals surface area contributed by atoms with Crippen molar-refractivity contribution in [3.63, 3.8) is 0 Å². The van der Waals surface area contributed by atoms with Gasteiger partial charge in [0.05, 0.1) is 24.5 Å². The van der Waals surface area contributed by atoms with Crippen LogP contribution < -0.4 is 5.32 Å². The minimum atomic E-state index is -0.688. The van der Waals surface area contributed by atoms with E-state index in [1.54, 1.807) is 17.1 Å². The Kier molecular flexibility index (Phi) is 14.2. The summed E-state index contributed by atoms with van der Waals surface area (Å²) in [5.74, 6) is -1.92. The SMILES string of the molecule is C=CCC[C@H](Cc1ccccc1)C(=O)OC[C@H](Cc1c[nH]c2ccccc12)NC(=O)[C@H](CC=C)CC(=O)N(CCO)Cc1ccccc1. The first-order valence-corrected chi connectivity index (χ1v) is 16.6. The number of allylic oxidation sites excluding steroid dienone is 2. The van der Waals surface area contributed by atoms with Gasteiger partial charge in [0.1, 0.15) is 6.61 Å². The molecule has 3 atom stereocenters. The first kappa shape index (κ1) is 35.9. The maximum atomic E-state index is 13.8. The summed E-state index contributed by atoms with van der Waals surface area (Å²) >= 11 is 0. The third kappa shape index (κ3) is 10.8. The lowest BCUT2D eigenvalue weighted by molar-refractivity contribution is -0.150. The summed E-state index contributed by atoms with van der Waals surface area (Å²) in [6.07, 6.45) is 7.82. The molecule has 1 heterocycles. The Morgan fingerprint density at radius 1 is 0.875 bits per heavy atom. The van der Waals surface area contributed by atoms with Crippen molar-refractivity contribution >= 4 is 28.7 Å². The highest BCUT2D eigenvalue weighted by Crippen LogP contribution is 2.22. The molecule has 0 spiro atoms. The van der Waals surface area contributed by atoms with Crippen LogP contribution in [0.4, 0.5) is 0 Å². The Balaban J connectivity index is 1.49. The number of esters is 1. The van der Waals surface area contributed by atoms with E-state index in [0.29, 0.717) is 32.2 Å². The van der Waals surface area contributed by atoms with Crippen molar-refractivity contribution in [3.05, 3.63) is 133 Å². The number of carbonyl (C=O) groups is 3. The van der Waals surface area contributed by atoms with Gasteiger partial charge in [-0.3, -0.25) is 14.4 Å². The molecule has 4 rings (SSSR count). The van der Waals surface area contributed by atoms with Crippen LogP contribution >= 0.6 is 0 Å². The maximum Gasteiger partial charge on any atom is 0.309 e. The van der Waals surface area contributed by atoms with E-state index in [2.05, 4.69) is 23.5 Å². The second kappa shape index (κ2) is 19.0. The number of H-pyrrole nitrogens is 1. The van der Waals surface area contributed by atoms with E-state index in [0.717, 1.165) is 27.6 Å². The molecule has 0 saturated heterocycles. The Labute approximate surface area is 283 Å². The fraction of sp³-hybridized carbons (Fsp3) is 0.325. The number of aromatic amines is 1. The van der Waals surface area contributed by atoms with Gasteiger partial charge in [-0.1, -0.05) is 91.0 Å². The molecule has 4 aromatic rings. The highest BCUT2D eigenvalue weighted by atomic mass is 16.5. The normalized spacial score (nSPS) is 12.9. The number of ether oxygens (including phenoxy) is 1. The van der Waals surface area contributed by atoms with Crippen molar-refractivity contribution in [2.75, 3.05) is 19.8 Å². The van der Waals surface area contributed by atoms with Crippen LogP contribution in [0.1, 0.15) is 42.4 Å². The number of hydrogen-bond donors (Lipinski definition) is 3. The average Bonchev–Trinajstić information content (AvgIpc) is 3.51. The van der Waals surface area contributed by atoms with Crippen LogP contribution in [0.5, 0.6) is 0 Å². The van der Waals surface area contributed by atoms with Crippen LogP contribution in [0.2, 0.25) is 0 Å². The zero-order chi connectivity index (χ0) is 34.1. The molecule has 8 heteroatoms. The van der Waals surface area contributed by atoms with Gasteiger partial charge in [0.15, 0.2) is 0 Å². The molecule has 0 fully saturated rings. The molecule has 8 nitrogen and oxygen atoms in total. The Morgan fingerprint density at radius 2 is 1.56 bits per heavy atom. The summed E-state index contributed by atoms with van der Waals surface area (Å²) in [6.45, 7) is 7.92. The van der Waals surface area contributed by atoms with Gasteiger partial charge in [-0.2, -0.15) is 0 Å². The predicted molar refractivity (Wildman–Crippen MR) is 190 cm³/mol. The fourth-order valence-corrected chi connectivity index (χ4v) is 5.90. The number of aliphatic hydroxyl groups excluding tert-OH is 1. The molecule has 0 bridgehead atoms. The van der Waals surface area contributed by atoms with E-state index in [1.807, 2.05) is 91.1 Å². The second-order valence-electron chi connectivity index (χ2n) is 12.1. The minimum Gasteiger partial charge on any atom is -0.463 e. The summed E-state index contributed by atoms with van der Waals surface area (Å²) in [5, 5.41) is 13.8. The molecule has 3 N–H and O–H groups in total. The van der Waals surface area contributed by atoms with Crippen LogP contribution in [0, 0.1) is 11.8 Å². The molecule has 2 amide bonds. The first-order valence-electron chi connectivity index (χ1n) is 16.6. The number of para-hydroxylation sites is 1. The Morgan fingerprint density at radius 3 is 2.25 bits per heavy atom. The first-order chi connectivity index (χ1) is 23.4. The van der Waals surface area contributed by atoms with Crippen LogP contribution in [-0.2, 0) is 38.5 Å². The van der Waals surface area contributed by atoms with Crippen molar-refractivity contribution in [1.82, 2.24) is 15.2 Å². The summed E-state index contributed by atoms with van der Waals surface area (Å²) in [4.78, 5) is 45.6. The van der Waals surface area contributed by atoms with Crippen molar-refractivity contribution in [3.8, 4) is 0 Å². The van der Waals surface area contributed by atoms with Crippen LogP contribution in [-0.4, -0.2) is 58.6 Å². The van der Waals surface area contributed by atoms with E-state index >= 15 is 0 Å². The molecule has 0 aliphatic carbocycles. The second-order valence-corrected chi connectivity index (χ2v) is 12.1. The standard InChI is InChI=1S/C40H47N3O5/c1-3-5-19-33(24-30-15-8-6-9-16-30)40(47)48-29-35(25-34-27-41-37-21-13-12-20-36(34)37)42-39(46)32(14-4-2)26-38(45)43(22-23-44)28-31-17-10-7-11-18-31/h3-4,6-13,15-18,20-21,27,32-33,35,41,44H,1-2,5,14,19,22-26,28-29H2,(H,42,46)/t32-,33-,35+/m1/s1. The lowest BCUT2D eigenvalue weighted by Crippen LogP contribution is -2.45. The largest absolute Gasteiger partial charge is 0.463 e. The zero-order valence-corrected chi connectivity index (χ0v) is 27.6. The summed E-state index contributed by atoms with van der Waals surface area (Å²) < 4.78 is 5.93. The lowest BCUT2D eigenvalue weighted by atomic mass is 9.94. The maximum absolute atomic E-state index is 13.8. The molecule has 0 unspecified atom stereocenters. The van der Waals surface area contributed by atoms with Crippen molar-refractivity contribution in [2.45, 2.75) is 51.1 Å². The van der Waals surface area contributed by atoms with Gasteiger partial charge in [0.25, 0.3) is 0 Å². The van der Waals surface area contributed by atoms with E-state index < -0.39 is 12.0 Å². The predicted octanol–water partition coefficient (Wildman–Crippen LogP) is 6.17. The number of aliphatic hydroxyl groups is 1. The van der Waals surface area contributed by atoms with Crippen molar-refractivity contribution < 1.29 is 24.2 Å². The third-order valence-corrected chi connectivity index (χ3v) is 8.47. The van der Waals surface area contributed by atoms with E-state index in [4.69, 9.17) is 4.74 Å². The fourth-order valence-electron chi connectivity index (χ4n) is 5.90. The van der Waals surface area contributed by atoms with Gasteiger partial charge >= 0.3 is 5.97 Å². The molecule has 0 aliphatic rings. The quantitative estimate of drug-likeness (QED) is 0.0784. The number of rotatable bonds is 20. The van der Waals surface area contributed by atoms with Crippen molar-refractivity contribution in [2.24, 2.45) is 11.8 Å². The monoisotopic (exact) mass is 649 g/mol. The lowest BCUT2D eigenvalue weighted by Gasteiger charge is -2.26.